The lowest BCUT2D eigenvalue weighted by Gasteiger charge is -2.46. The predicted molar refractivity (Wildman–Crippen MR) is 64.9 cm³/mol. The lowest BCUT2D eigenvalue weighted by molar-refractivity contribution is -0.144. The summed E-state index contributed by atoms with van der Waals surface area (Å²) >= 11 is 0. The number of carbonyl (C=O) groups is 1. The van der Waals surface area contributed by atoms with E-state index in [1.165, 1.54) is 6.42 Å². The zero-order valence-corrected chi connectivity index (χ0v) is 10.9. The molecule has 4 rings (SSSR count). The SMILES string of the molecule is Cc1coc2c1[C@H]1OC(=O)[C@@H]3CCC[C@H](C2)[C@]13C. The largest absolute Gasteiger partial charge is 0.469 e. The van der Waals surface area contributed by atoms with Crippen molar-refractivity contribution in [1.82, 2.24) is 0 Å². The quantitative estimate of drug-likeness (QED) is 0.660. The molecule has 3 aliphatic rings. The molecule has 0 N–H and O–H groups in total. The van der Waals surface area contributed by atoms with Gasteiger partial charge in [0.2, 0.25) is 0 Å². The van der Waals surface area contributed by atoms with E-state index in [9.17, 15) is 4.79 Å². The fourth-order valence-electron chi connectivity index (χ4n) is 4.50. The third kappa shape index (κ3) is 1.04. The van der Waals surface area contributed by atoms with E-state index >= 15 is 0 Å². The molecule has 0 unspecified atom stereocenters. The minimum absolute atomic E-state index is 0.00301. The Hall–Kier alpha value is -1.25. The molecule has 1 aromatic rings. The first-order valence-electron chi connectivity index (χ1n) is 6.89. The van der Waals surface area contributed by atoms with E-state index in [2.05, 4.69) is 13.8 Å². The molecule has 0 radical (unpaired) electrons. The van der Waals surface area contributed by atoms with Crippen LogP contribution in [0.25, 0.3) is 0 Å². The number of hydrogen-bond acceptors (Lipinski definition) is 3. The summed E-state index contributed by atoms with van der Waals surface area (Å²) in [7, 11) is 0. The van der Waals surface area contributed by atoms with Gasteiger partial charge in [-0.1, -0.05) is 13.3 Å². The van der Waals surface area contributed by atoms with E-state index in [4.69, 9.17) is 9.15 Å². The van der Waals surface area contributed by atoms with E-state index in [1.807, 2.05) is 6.26 Å². The van der Waals surface area contributed by atoms with Crippen molar-refractivity contribution in [2.45, 2.75) is 45.6 Å². The first-order valence-corrected chi connectivity index (χ1v) is 6.89. The molecule has 1 aliphatic heterocycles. The maximum atomic E-state index is 12.1. The number of ether oxygens (including phenoxy) is 1. The molecule has 4 atom stereocenters. The lowest BCUT2D eigenvalue weighted by Crippen LogP contribution is -2.44. The van der Waals surface area contributed by atoms with Gasteiger partial charge in [0.15, 0.2) is 0 Å². The summed E-state index contributed by atoms with van der Waals surface area (Å²) in [4.78, 5) is 12.1. The Morgan fingerprint density at radius 1 is 1.39 bits per heavy atom. The van der Waals surface area contributed by atoms with E-state index in [1.54, 1.807) is 0 Å². The van der Waals surface area contributed by atoms with E-state index in [0.29, 0.717) is 5.92 Å². The van der Waals surface area contributed by atoms with Crippen molar-refractivity contribution in [2.24, 2.45) is 17.3 Å². The van der Waals surface area contributed by atoms with Crippen LogP contribution in [-0.2, 0) is 16.0 Å². The van der Waals surface area contributed by atoms with Crippen LogP contribution in [0.5, 0.6) is 0 Å². The van der Waals surface area contributed by atoms with Crippen molar-refractivity contribution in [2.75, 3.05) is 0 Å². The summed E-state index contributed by atoms with van der Waals surface area (Å²) in [6.45, 7) is 4.31. The van der Waals surface area contributed by atoms with Crippen molar-refractivity contribution in [3.05, 3.63) is 23.2 Å². The van der Waals surface area contributed by atoms with Crippen molar-refractivity contribution in [3.8, 4) is 0 Å². The zero-order chi connectivity index (χ0) is 12.5. The molecule has 3 nitrogen and oxygen atoms in total. The molecular formula is C15H18O3. The van der Waals surface area contributed by atoms with Crippen LogP contribution in [0.3, 0.4) is 0 Å². The summed E-state index contributed by atoms with van der Waals surface area (Å²) < 4.78 is 11.4. The van der Waals surface area contributed by atoms with E-state index in [0.717, 1.165) is 36.1 Å². The molecule has 0 bridgehead atoms. The average Bonchev–Trinajstić information content (AvgIpc) is 2.81. The molecule has 2 heterocycles. The van der Waals surface area contributed by atoms with Gasteiger partial charge in [-0.25, -0.2) is 0 Å². The minimum Gasteiger partial charge on any atom is -0.469 e. The Balaban J connectivity index is 1.93. The smallest absolute Gasteiger partial charge is 0.310 e. The molecule has 1 saturated carbocycles. The van der Waals surface area contributed by atoms with E-state index < -0.39 is 0 Å². The number of furan rings is 1. The van der Waals surface area contributed by atoms with Crippen molar-refractivity contribution >= 4 is 5.97 Å². The second-order valence-corrected chi connectivity index (χ2v) is 6.32. The van der Waals surface area contributed by atoms with Crippen LogP contribution in [0.1, 0.15) is 49.2 Å². The van der Waals surface area contributed by atoms with Crippen LogP contribution in [0, 0.1) is 24.2 Å². The fraction of sp³-hybridized carbons (Fsp3) is 0.667. The molecule has 1 saturated heterocycles. The summed E-state index contributed by atoms with van der Waals surface area (Å²) in [5, 5.41) is 0. The van der Waals surface area contributed by atoms with Crippen LogP contribution >= 0.6 is 0 Å². The number of aryl methyl sites for hydroxylation is 1. The number of rotatable bonds is 0. The van der Waals surface area contributed by atoms with Crippen molar-refractivity contribution in [3.63, 3.8) is 0 Å². The molecule has 1 aromatic heterocycles. The summed E-state index contributed by atoms with van der Waals surface area (Å²) in [6.07, 6.45) is 6.05. The first-order chi connectivity index (χ1) is 8.62. The van der Waals surface area contributed by atoms with Gasteiger partial charge in [-0.2, -0.15) is 0 Å². The third-order valence-corrected chi connectivity index (χ3v) is 5.56. The van der Waals surface area contributed by atoms with Crippen LogP contribution in [0.2, 0.25) is 0 Å². The Labute approximate surface area is 106 Å². The van der Waals surface area contributed by atoms with Gasteiger partial charge in [0.1, 0.15) is 11.9 Å². The highest BCUT2D eigenvalue weighted by molar-refractivity contribution is 5.77. The summed E-state index contributed by atoms with van der Waals surface area (Å²) in [5.41, 5.74) is 2.29. The molecule has 0 spiro atoms. The molecule has 2 aliphatic carbocycles. The molecule has 3 heteroatoms. The Morgan fingerprint density at radius 3 is 3.06 bits per heavy atom. The van der Waals surface area contributed by atoms with Crippen molar-refractivity contribution in [1.29, 1.82) is 0 Å². The first kappa shape index (κ1) is 10.7. The highest BCUT2D eigenvalue weighted by atomic mass is 16.6. The number of hydrogen-bond donors (Lipinski definition) is 0. The minimum atomic E-state index is -0.0669. The number of fused-ring (bicyclic) bond motifs is 2. The van der Waals surface area contributed by atoms with Crippen LogP contribution in [0.4, 0.5) is 0 Å². The lowest BCUT2D eigenvalue weighted by atomic mass is 9.55. The standard InChI is InChI=1S/C15H18O3/c1-8-7-17-11-6-9-4-3-5-10-14(16)18-13(12(8)11)15(9,10)2/h7,9-10,13H,3-6H2,1-2H3/t9-,10+,13-,15+/m1/s1. The van der Waals surface area contributed by atoms with Crippen molar-refractivity contribution < 1.29 is 13.9 Å². The normalized spacial score (nSPS) is 41.2. The Kier molecular flexibility index (Phi) is 1.89. The third-order valence-electron chi connectivity index (χ3n) is 5.56. The number of carbonyl (C=O) groups excluding carboxylic acids is 1. The second-order valence-electron chi connectivity index (χ2n) is 6.32. The molecule has 2 fully saturated rings. The van der Waals surface area contributed by atoms with Crippen LogP contribution in [-0.4, -0.2) is 5.97 Å². The van der Waals surface area contributed by atoms with E-state index in [-0.39, 0.29) is 23.4 Å². The van der Waals surface area contributed by atoms with Crippen LogP contribution < -0.4 is 0 Å². The fourth-order valence-corrected chi connectivity index (χ4v) is 4.50. The molecule has 18 heavy (non-hydrogen) atoms. The average molecular weight is 246 g/mol. The zero-order valence-electron chi connectivity index (χ0n) is 10.9. The maximum Gasteiger partial charge on any atom is 0.310 e. The van der Waals surface area contributed by atoms with Gasteiger partial charge < -0.3 is 9.15 Å². The Morgan fingerprint density at radius 2 is 2.22 bits per heavy atom. The maximum absolute atomic E-state index is 12.1. The van der Waals surface area contributed by atoms with Gasteiger partial charge in [0.25, 0.3) is 0 Å². The predicted octanol–water partition coefficient (Wildman–Crippen LogP) is 3.16. The molecular weight excluding hydrogens is 228 g/mol. The van der Waals surface area contributed by atoms with Gasteiger partial charge in [-0.3, -0.25) is 4.79 Å². The van der Waals surface area contributed by atoms with Gasteiger partial charge in [0, 0.05) is 17.4 Å². The molecule has 0 aromatic carbocycles. The summed E-state index contributed by atoms with van der Waals surface area (Å²) in [6, 6.07) is 0. The highest BCUT2D eigenvalue weighted by Gasteiger charge is 2.62. The topological polar surface area (TPSA) is 39.4 Å². The van der Waals surface area contributed by atoms with Gasteiger partial charge in [-0.15, -0.1) is 0 Å². The second kappa shape index (κ2) is 3.19. The monoisotopic (exact) mass is 246 g/mol. The van der Waals surface area contributed by atoms with Gasteiger partial charge in [-0.05, 0) is 31.2 Å². The van der Waals surface area contributed by atoms with Gasteiger partial charge >= 0.3 is 5.97 Å². The Bertz CT molecular complexity index is 530. The molecule has 0 amide bonds. The summed E-state index contributed by atoms with van der Waals surface area (Å²) in [5.74, 6) is 1.70. The highest BCUT2D eigenvalue weighted by Crippen LogP contribution is 2.63. The van der Waals surface area contributed by atoms with Gasteiger partial charge in [0.05, 0.1) is 12.2 Å². The molecule has 96 valence electrons. The number of esters is 1. The van der Waals surface area contributed by atoms with Crippen LogP contribution in [0.15, 0.2) is 10.7 Å².